The van der Waals surface area contributed by atoms with Gasteiger partial charge in [-0.1, -0.05) is 11.8 Å². The number of hydrogen-bond donors (Lipinski definition) is 0. The first-order chi connectivity index (χ1) is 12.3. The zero-order valence-electron chi connectivity index (χ0n) is 14.5. The maximum Gasteiger partial charge on any atom is 0.228 e. The summed E-state index contributed by atoms with van der Waals surface area (Å²) in [5.41, 5.74) is 1.13. The molecule has 3 aliphatic heterocycles. The summed E-state index contributed by atoms with van der Waals surface area (Å²) in [5.74, 6) is 0.267. The van der Waals surface area contributed by atoms with Crippen LogP contribution in [0.25, 0.3) is 0 Å². The van der Waals surface area contributed by atoms with Crippen LogP contribution >= 0.6 is 11.8 Å². The third kappa shape index (κ3) is 3.76. The van der Waals surface area contributed by atoms with E-state index in [1.165, 1.54) is 6.42 Å². The standard InChI is InChI=1S/C18H25N5OS/c24-17(13-16-14-25-18-19-7-3-11-23(16)18)22-10-2-1-5-15(22)6-12-21-9-4-8-20-21/h4,8-9,14-15H,1-3,5-7,10-13H2. The van der Waals surface area contributed by atoms with E-state index in [0.29, 0.717) is 12.5 Å². The van der Waals surface area contributed by atoms with Crippen LogP contribution in [0.15, 0.2) is 34.6 Å². The van der Waals surface area contributed by atoms with Crippen LogP contribution in [-0.2, 0) is 11.3 Å². The number of carbonyl (C=O) groups excluding carboxylic acids is 1. The fourth-order valence-electron chi connectivity index (χ4n) is 3.87. The molecule has 1 atom stereocenters. The molecule has 4 heterocycles. The molecule has 1 aromatic heterocycles. The van der Waals surface area contributed by atoms with Crippen LogP contribution < -0.4 is 0 Å². The Morgan fingerprint density at radius 2 is 2.24 bits per heavy atom. The SMILES string of the molecule is O=C(CC1=CSC2=NCCCN12)N1CCCCC1CCn1cccn1. The van der Waals surface area contributed by atoms with Gasteiger partial charge in [-0.15, -0.1) is 0 Å². The Bertz CT molecular complexity index is 669. The van der Waals surface area contributed by atoms with E-state index in [9.17, 15) is 4.79 Å². The molecule has 1 amide bonds. The zero-order chi connectivity index (χ0) is 17.1. The highest BCUT2D eigenvalue weighted by Gasteiger charge is 2.31. The van der Waals surface area contributed by atoms with E-state index in [1.54, 1.807) is 11.8 Å². The fourth-order valence-corrected chi connectivity index (χ4v) is 4.83. The van der Waals surface area contributed by atoms with Crippen molar-refractivity contribution in [2.75, 3.05) is 19.6 Å². The van der Waals surface area contributed by atoms with E-state index in [1.807, 2.05) is 23.1 Å². The second-order valence-electron chi connectivity index (χ2n) is 6.87. The molecule has 25 heavy (non-hydrogen) atoms. The molecule has 0 aromatic carbocycles. The molecule has 0 N–H and O–H groups in total. The van der Waals surface area contributed by atoms with Crippen LogP contribution in [0.4, 0.5) is 0 Å². The number of likely N-dealkylation sites (tertiary alicyclic amines) is 1. The first kappa shape index (κ1) is 16.7. The van der Waals surface area contributed by atoms with Crippen LogP contribution in [0.2, 0.25) is 0 Å². The number of hydrogen-bond acceptors (Lipinski definition) is 5. The molecular formula is C18H25N5OS. The van der Waals surface area contributed by atoms with E-state index in [0.717, 1.165) is 62.7 Å². The quantitative estimate of drug-likeness (QED) is 0.811. The molecule has 0 aliphatic carbocycles. The Kier molecular flexibility index (Phi) is 5.10. The normalized spacial score (nSPS) is 23.3. The highest BCUT2D eigenvalue weighted by Crippen LogP contribution is 2.32. The molecular weight excluding hydrogens is 334 g/mol. The molecule has 3 aliphatic rings. The van der Waals surface area contributed by atoms with Crippen LogP contribution in [-0.4, -0.2) is 56.3 Å². The summed E-state index contributed by atoms with van der Waals surface area (Å²) in [6.07, 6.45) is 9.81. The molecule has 1 saturated heterocycles. The summed E-state index contributed by atoms with van der Waals surface area (Å²) in [5, 5.41) is 7.47. The Morgan fingerprint density at radius 1 is 1.28 bits per heavy atom. The lowest BCUT2D eigenvalue weighted by Gasteiger charge is -2.36. The first-order valence-electron chi connectivity index (χ1n) is 9.26. The third-order valence-corrected chi connectivity index (χ3v) is 6.15. The van der Waals surface area contributed by atoms with Gasteiger partial charge in [0.2, 0.25) is 5.91 Å². The maximum atomic E-state index is 13.0. The number of fused-ring (bicyclic) bond motifs is 1. The minimum Gasteiger partial charge on any atom is -0.339 e. The van der Waals surface area contributed by atoms with Crippen LogP contribution in [0.3, 0.4) is 0 Å². The van der Waals surface area contributed by atoms with E-state index in [2.05, 4.69) is 25.3 Å². The van der Waals surface area contributed by atoms with Crippen molar-refractivity contribution in [2.45, 2.75) is 51.1 Å². The Hall–Kier alpha value is -1.76. The number of carbonyl (C=O) groups is 1. The van der Waals surface area contributed by atoms with Crippen molar-refractivity contribution < 1.29 is 4.79 Å². The summed E-state index contributed by atoms with van der Waals surface area (Å²) >= 11 is 1.66. The van der Waals surface area contributed by atoms with Gasteiger partial charge >= 0.3 is 0 Å². The van der Waals surface area contributed by atoms with Gasteiger partial charge in [0.25, 0.3) is 0 Å². The number of aromatic nitrogens is 2. The molecule has 6 nitrogen and oxygen atoms in total. The van der Waals surface area contributed by atoms with Gasteiger partial charge in [0.1, 0.15) is 0 Å². The lowest BCUT2D eigenvalue weighted by molar-refractivity contribution is -0.134. The van der Waals surface area contributed by atoms with Crippen molar-refractivity contribution in [1.29, 1.82) is 0 Å². The molecule has 1 unspecified atom stereocenters. The number of aryl methyl sites for hydroxylation is 1. The van der Waals surface area contributed by atoms with Crippen molar-refractivity contribution >= 4 is 22.8 Å². The van der Waals surface area contributed by atoms with Gasteiger partial charge in [0.05, 0.1) is 6.42 Å². The van der Waals surface area contributed by atoms with Crippen molar-refractivity contribution in [3.63, 3.8) is 0 Å². The highest BCUT2D eigenvalue weighted by molar-refractivity contribution is 8.16. The average Bonchev–Trinajstić information content (AvgIpc) is 3.30. The lowest BCUT2D eigenvalue weighted by Crippen LogP contribution is -2.45. The molecule has 7 heteroatoms. The Morgan fingerprint density at radius 3 is 3.12 bits per heavy atom. The van der Waals surface area contributed by atoms with E-state index < -0.39 is 0 Å². The van der Waals surface area contributed by atoms with E-state index in [-0.39, 0.29) is 5.91 Å². The monoisotopic (exact) mass is 359 g/mol. The minimum atomic E-state index is 0.267. The number of thioether (sulfide) groups is 1. The fraction of sp³-hybridized carbons (Fsp3) is 0.611. The summed E-state index contributed by atoms with van der Waals surface area (Å²) in [6, 6.07) is 2.29. The number of nitrogens with zero attached hydrogens (tertiary/aromatic N) is 5. The molecule has 1 fully saturated rings. The zero-order valence-corrected chi connectivity index (χ0v) is 15.3. The highest BCUT2D eigenvalue weighted by atomic mass is 32.2. The average molecular weight is 359 g/mol. The summed E-state index contributed by atoms with van der Waals surface area (Å²) in [6.45, 7) is 3.68. The van der Waals surface area contributed by atoms with Crippen molar-refractivity contribution in [3.05, 3.63) is 29.6 Å². The molecule has 134 valence electrons. The molecule has 4 rings (SSSR count). The van der Waals surface area contributed by atoms with Gasteiger partial charge in [0.15, 0.2) is 5.17 Å². The number of aliphatic imine (C=N–C) groups is 1. The summed E-state index contributed by atoms with van der Waals surface area (Å²) < 4.78 is 1.96. The number of rotatable bonds is 5. The van der Waals surface area contributed by atoms with Crippen molar-refractivity contribution in [1.82, 2.24) is 19.6 Å². The molecule has 0 spiro atoms. The topological polar surface area (TPSA) is 53.7 Å². The van der Waals surface area contributed by atoms with Gasteiger partial charge in [-0.05, 0) is 43.6 Å². The smallest absolute Gasteiger partial charge is 0.228 e. The molecule has 0 bridgehead atoms. The van der Waals surface area contributed by atoms with Gasteiger partial charge in [-0.3, -0.25) is 14.5 Å². The maximum absolute atomic E-state index is 13.0. The second kappa shape index (κ2) is 7.64. The van der Waals surface area contributed by atoms with E-state index >= 15 is 0 Å². The van der Waals surface area contributed by atoms with Crippen LogP contribution in [0, 0.1) is 0 Å². The lowest BCUT2D eigenvalue weighted by atomic mass is 9.98. The summed E-state index contributed by atoms with van der Waals surface area (Å²) in [7, 11) is 0. The van der Waals surface area contributed by atoms with Gasteiger partial charge < -0.3 is 9.80 Å². The predicted octanol–water partition coefficient (Wildman–Crippen LogP) is 2.69. The largest absolute Gasteiger partial charge is 0.339 e. The van der Waals surface area contributed by atoms with Crippen LogP contribution in [0.1, 0.15) is 38.5 Å². The second-order valence-corrected chi connectivity index (χ2v) is 7.70. The molecule has 0 radical (unpaired) electrons. The first-order valence-corrected chi connectivity index (χ1v) is 10.1. The van der Waals surface area contributed by atoms with E-state index in [4.69, 9.17) is 0 Å². The number of amides is 1. The van der Waals surface area contributed by atoms with Gasteiger partial charge in [-0.25, -0.2) is 0 Å². The van der Waals surface area contributed by atoms with Crippen molar-refractivity contribution in [3.8, 4) is 0 Å². The molecule has 0 saturated carbocycles. The Balaban J connectivity index is 1.37. The number of piperidine rings is 1. The van der Waals surface area contributed by atoms with Gasteiger partial charge in [0, 0.05) is 50.3 Å². The minimum absolute atomic E-state index is 0.267. The molecule has 1 aromatic rings. The predicted molar refractivity (Wildman–Crippen MR) is 100 cm³/mol. The van der Waals surface area contributed by atoms with Crippen molar-refractivity contribution in [2.24, 2.45) is 4.99 Å². The summed E-state index contributed by atoms with van der Waals surface area (Å²) in [4.78, 5) is 21.9. The Labute approximate surface area is 153 Å². The third-order valence-electron chi connectivity index (χ3n) is 5.20. The number of amidine groups is 1. The van der Waals surface area contributed by atoms with Gasteiger partial charge in [-0.2, -0.15) is 5.10 Å². The van der Waals surface area contributed by atoms with Crippen LogP contribution in [0.5, 0.6) is 0 Å².